The lowest BCUT2D eigenvalue weighted by Gasteiger charge is -2.17. The summed E-state index contributed by atoms with van der Waals surface area (Å²) in [6, 6.07) is 6.08. The van der Waals surface area contributed by atoms with Crippen molar-refractivity contribution in [2.24, 2.45) is 0 Å². The first-order valence-corrected chi connectivity index (χ1v) is 9.04. The van der Waals surface area contributed by atoms with Gasteiger partial charge in [0.1, 0.15) is 6.54 Å². The summed E-state index contributed by atoms with van der Waals surface area (Å²) in [6.07, 6.45) is -0.278. The summed E-state index contributed by atoms with van der Waals surface area (Å²) in [7, 11) is -2.48. The fourth-order valence-electron chi connectivity index (χ4n) is 1.60. The number of sulfonamides is 1. The van der Waals surface area contributed by atoms with E-state index in [2.05, 4.69) is 21.2 Å². The molecule has 1 amide bonds. The van der Waals surface area contributed by atoms with E-state index in [9.17, 15) is 18.0 Å². The van der Waals surface area contributed by atoms with Crippen molar-refractivity contribution < 1.29 is 22.7 Å². The monoisotopic (exact) mass is 406 g/mol. The van der Waals surface area contributed by atoms with Gasteiger partial charge in [0.15, 0.2) is 0 Å². The summed E-state index contributed by atoms with van der Waals surface area (Å²) >= 11 is 3.22. The minimum atomic E-state index is -3.77. The Morgan fingerprint density at radius 2 is 1.83 bits per heavy atom. The Hall–Kier alpha value is -1.45. The van der Waals surface area contributed by atoms with E-state index in [1.54, 1.807) is 26.0 Å². The van der Waals surface area contributed by atoms with Crippen molar-refractivity contribution in [1.82, 2.24) is 9.62 Å². The highest BCUT2D eigenvalue weighted by Crippen LogP contribution is 2.17. The number of halogens is 1. The molecule has 0 saturated heterocycles. The van der Waals surface area contributed by atoms with Crippen molar-refractivity contribution in [2.75, 3.05) is 20.1 Å². The van der Waals surface area contributed by atoms with Crippen LogP contribution in [0.2, 0.25) is 0 Å². The number of esters is 1. The molecule has 0 saturated carbocycles. The Kier molecular flexibility index (Phi) is 7.17. The van der Waals surface area contributed by atoms with Crippen molar-refractivity contribution in [1.29, 1.82) is 0 Å². The van der Waals surface area contributed by atoms with Gasteiger partial charge in [0, 0.05) is 11.5 Å². The molecule has 1 rings (SSSR count). The lowest BCUT2D eigenvalue weighted by atomic mass is 10.4. The second-order valence-electron chi connectivity index (χ2n) is 5.03. The van der Waals surface area contributed by atoms with Gasteiger partial charge in [-0.3, -0.25) is 9.59 Å². The van der Waals surface area contributed by atoms with Gasteiger partial charge in [-0.05, 0) is 38.1 Å². The summed E-state index contributed by atoms with van der Waals surface area (Å²) in [4.78, 5) is 23.1. The van der Waals surface area contributed by atoms with Gasteiger partial charge in [-0.2, -0.15) is 4.31 Å². The number of rotatable bonds is 7. The van der Waals surface area contributed by atoms with Crippen LogP contribution >= 0.6 is 15.9 Å². The minimum Gasteiger partial charge on any atom is -0.462 e. The first-order valence-electron chi connectivity index (χ1n) is 6.81. The number of carbonyl (C=O) groups excluding carboxylic acids is 2. The van der Waals surface area contributed by atoms with Crippen molar-refractivity contribution >= 4 is 37.8 Å². The Balaban J connectivity index is 2.60. The third-order valence-corrected chi connectivity index (χ3v) is 5.03. The third-order valence-electron chi connectivity index (χ3n) is 2.69. The van der Waals surface area contributed by atoms with Crippen LogP contribution in [-0.2, 0) is 24.3 Å². The normalized spacial score (nSPS) is 11.6. The summed E-state index contributed by atoms with van der Waals surface area (Å²) < 4.78 is 31.1. The average Bonchev–Trinajstić information content (AvgIpc) is 2.44. The first-order chi connectivity index (χ1) is 10.6. The van der Waals surface area contributed by atoms with Gasteiger partial charge in [-0.15, -0.1) is 0 Å². The van der Waals surface area contributed by atoms with Gasteiger partial charge in [-0.1, -0.05) is 15.9 Å². The van der Waals surface area contributed by atoms with Crippen LogP contribution in [0.1, 0.15) is 13.8 Å². The van der Waals surface area contributed by atoms with E-state index in [0.29, 0.717) is 0 Å². The van der Waals surface area contributed by atoms with E-state index in [0.717, 1.165) is 8.78 Å². The quantitative estimate of drug-likeness (QED) is 0.685. The average molecular weight is 407 g/mol. The highest BCUT2D eigenvalue weighted by Gasteiger charge is 2.23. The molecule has 1 N–H and O–H groups in total. The van der Waals surface area contributed by atoms with Gasteiger partial charge >= 0.3 is 5.97 Å². The molecule has 0 fully saturated rings. The smallest absolute Gasteiger partial charge is 0.325 e. The van der Waals surface area contributed by atoms with E-state index in [1.807, 2.05) is 0 Å². The minimum absolute atomic E-state index is 0.0789. The molecule has 9 heteroatoms. The van der Waals surface area contributed by atoms with Crippen LogP contribution in [0, 0.1) is 0 Å². The SMILES string of the molecule is CC(C)OC(=O)CNC(=O)CN(C)S(=O)(=O)c1ccc(Br)cc1. The predicted molar refractivity (Wildman–Crippen MR) is 88.2 cm³/mol. The van der Waals surface area contributed by atoms with E-state index in [-0.39, 0.29) is 17.5 Å². The Morgan fingerprint density at radius 1 is 1.26 bits per heavy atom. The predicted octanol–water partition coefficient (Wildman–Crippen LogP) is 1.14. The highest BCUT2D eigenvalue weighted by atomic mass is 79.9. The molecule has 0 bridgehead atoms. The Morgan fingerprint density at radius 3 is 2.35 bits per heavy atom. The number of nitrogens with zero attached hydrogens (tertiary/aromatic N) is 1. The number of amides is 1. The van der Waals surface area contributed by atoms with Gasteiger partial charge in [-0.25, -0.2) is 8.42 Å². The molecule has 0 atom stereocenters. The molecule has 0 radical (unpaired) electrons. The molecule has 0 spiro atoms. The maximum Gasteiger partial charge on any atom is 0.325 e. The molecule has 128 valence electrons. The van der Waals surface area contributed by atoms with Crippen LogP contribution in [0.5, 0.6) is 0 Å². The van der Waals surface area contributed by atoms with Crippen LogP contribution in [-0.4, -0.2) is 50.8 Å². The number of ether oxygens (including phenoxy) is 1. The number of hydrogen-bond acceptors (Lipinski definition) is 5. The van der Waals surface area contributed by atoms with Gasteiger partial charge in [0.2, 0.25) is 15.9 Å². The molecule has 23 heavy (non-hydrogen) atoms. The molecule has 0 aliphatic carbocycles. The molecular formula is C14H19BrN2O5S. The van der Waals surface area contributed by atoms with Crippen LogP contribution in [0.25, 0.3) is 0 Å². The third kappa shape index (κ3) is 6.28. The second kappa shape index (κ2) is 8.42. The molecule has 0 heterocycles. The number of likely N-dealkylation sites (N-methyl/N-ethyl adjacent to an activating group) is 1. The number of nitrogens with one attached hydrogen (secondary N) is 1. The Labute approximate surface area is 144 Å². The maximum absolute atomic E-state index is 12.3. The molecule has 0 aromatic heterocycles. The van der Waals surface area contributed by atoms with Crippen molar-refractivity contribution in [3.8, 4) is 0 Å². The zero-order chi connectivity index (χ0) is 17.6. The fraction of sp³-hybridized carbons (Fsp3) is 0.429. The largest absolute Gasteiger partial charge is 0.462 e. The molecule has 1 aromatic rings. The lowest BCUT2D eigenvalue weighted by molar-refractivity contribution is -0.147. The van der Waals surface area contributed by atoms with Crippen molar-refractivity contribution in [2.45, 2.75) is 24.8 Å². The summed E-state index contributed by atoms with van der Waals surface area (Å²) in [5, 5.41) is 2.32. The topological polar surface area (TPSA) is 92.8 Å². The van der Waals surface area contributed by atoms with Crippen LogP contribution in [0.3, 0.4) is 0 Å². The van der Waals surface area contributed by atoms with E-state index in [1.165, 1.54) is 19.2 Å². The van der Waals surface area contributed by atoms with Gasteiger partial charge in [0.25, 0.3) is 0 Å². The van der Waals surface area contributed by atoms with Crippen LogP contribution in [0.4, 0.5) is 0 Å². The standard InChI is InChI=1S/C14H19BrN2O5S/c1-10(2)22-14(19)8-16-13(18)9-17(3)23(20,21)12-6-4-11(15)5-7-12/h4-7,10H,8-9H2,1-3H3,(H,16,18). The second-order valence-corrected chi connectivity index (χ2v) is 7.99. The molecular weight excluding hydrogens is 388 g/mol. The van der Waals surface area contributed by atoms with E-state index < -0.39 is 28.4 Å². The Bertz CT molecular complexity index is 658. The van der Waals surface area contributed by atoms with Crippen molar-refractivity contribution in [3.63, 3.8) is 0 Å². The zero-order valence-corrected chi connectivity index (χ0v) is 15.5. The summed E-state index contributed by atoms with van der Waals surface area (Å²) in [5.74, 6) is -1.17. The number of hydrogen-bond donors (Lipinski definition) is 1. The lowest BCUT2D eigenvalue weighted by Crippen LogP contribution is -2.40. The van der Waals surface area contributed by atoms with Crippen LogP contribution in [0.15, 0.2) is 33.6 Å². The molecule has 0 aliphatic rings. The molecule has 0 unspecified atom stereocenters. The first kappa shape index (κ1) is 19.6. The number of benzene rings is 1. The molecule has 0 aliphatic heterocycles. The molecule has 1 aromatic carbocycles. The molecule has 7 nitrogen and oxygen atoms in total. The fourth-order valence-corrected chi connectivity index (χ4v) is 3.00. The highest BCUT2D eigenvalue weighted by molar-refractivity contribution is 9.10. The van der Waals surface area contributed by atoms with E-state index >= 15 is 0 Å². The van der Waals surface area contributed by atoms with Crippen molar-refractivity contribution in [3.05, 3.63) is 28.7 Å². The summed E-state index contributed by atoms with van der Waals surface area (Å²) in [6.45, 7) is 2.69. The van der Waals surface area contributed by atoms with Gasteiger partial charge < -0.3 is 10.1 Å². The number of carbonyl (C=O) groups is 2. The maximum atomic E-state index is 12.3. The zero-order valence-electron chi connectivity index (χ0n) is 13.1. The van der Waals surface area contributed by atoms with E-state index in [4.69, 9.17) is 4.74 Å². The van der Waals surface area contributed by atoms with Gasteiger partial charge in [0.05, 0.1) is 17.5 Å². The van der Waals surface area contributed by atoms with Crippen LogP contribution < -0.4 is 5.32 Å². The summed E-state index contributed by atoms with van der Waals surface area (Å²) in [5.41, 5.74) is 0.